The number of halogens is 2. The van der Waals surface area contributed by atoms with E-state index in [-0.39, 0.29) is 15.5 Å². The van der Waals surface area contributed by atoms with Gasteiger partial charge in [0, 0.05) is 0 Å². The second kappa shape index (κ2) is 4.14. The van der Waals surface area contributed by atoms with Crippen molar-refractivity contribution in [3.63, 3.8) is 0 Å². The van der Waals surface area contributed by atoms with Gasteiger partial charge in [0.1, 0.15) is 16.8 Å². The summed E-state index contributed by atoms with van der Waals surface area (Å²) in [5, 5.41) is 8.26. The molecule has 0 aromatic heterocycles. The van der Waals surface area contributed by atoms with Crippen molar-refractivity contribution in [2.24, 2.45) is 0 Å². The molecule has 4 nitrogen and oxygen atoms in total. The Bertz CT molecular complexity index is 536. The third-order valence-electron chi connectivity index (χ3n) is 1.70. The lowest BCUT2D eigenvalue weighted by molar-refractivity contribution is 0.587. The molecule has 0 atom stereocenters. The number of hydrogen-bond acceptors (Lipinski definition) is 3. The van der Waals surface area contributed by atoms with Gasteiger partial charge in [-0.3, -0.25) is 0 Å². The minimum absolute atomic E-state index is 0.263. The minimum atomic E-state index is -3.78. The van der Waals surface area contributed by atoms with E-state index in [4.69, 9.17) is 16.9 Å². The van der Waals surface area contributed by atoms with Gasteiger partial charge >= 0.3 is 0 Å². The summed E-state index contributed by atoms with van der Waals surface area (Å²) in [4.78, 5) is -0.315. The van der Waals surface area contributed by atoms with Crippen LogP contribution in [-0.2, 0) is 10.0 Å². The predicted octanol–water partition coefficient (Wildman–Crippen LogP) is 1.26. The van der Waals surface area contributed by atoms with E-state index in [0.29, 0.717) is 0 Å². The molecule has 15 heavy (non-hydrogen) atoms. The molecule has 0 spiro atoms. The third kappa shape index (κ3) is 2.26. The third-order valence-corrected chi connectivity index (χ3v) is 3.58. The van der Waals surface area contributed by atoms with E-state index in [1.165, 1.54) is 13.1 Å². The zero-order valence-corrected chi connectivity index (χ0v) is 9.16. The number of hydrogen-bond donors (Lipinski definition) is 1. The monoisotopic (exact) mass is 248 g/mol. The zero-order chi connectivity index (χ0) is 11.6. The van der Waals surface area contributed by atoms with Crippen LogP contribution in [0.25, 0.3) is 0 Å². The topological polar surface area (TPSA) is 70.0 Å². The van der Waals surface area contributed by atoms with Crippen LogP contribution in [0.5, 0.6) is 0 Å². The first-order chi connectivity index (χ1) is 6.92. The van der Waals surface area contributed by atoms with Gasteiger partial charge in [-0.1, -0.05) is 11.6 Å². The van der Waals surface area contributed by atoms with Gasteiger partial charge in [-0.25, -0.2) is 17.5 Å². The molecule has 7 heteroatoms. The zero-order valence-electron chi connectivity index (χ0n) is 7.58. The smallest absolute Gasteiger partial charge is 0.214 e. The van der Waals surface area contributed by atoms with Gasteiger partial charge in [0.25, 0.3) is 0 Å². The van der Waals surface area contributed by atoms with Crippen LogP contribution in [0.4, 0.5) is 4.39 Å². The SMILES string of the molecule is CNS(=O)(=O)c1cc(C#N)c(F)cc1Cl. The van der Waals surface area contributed by atoms with Crippen molar-refractivity contribution in [3.8, 4) is 6.07 Å². The summed E-state index contributed by atoms with van der Waals surface area (Å²) in [5.74, 6) is -0.849. The molecule has 0 amide bonds. The van der Waals surface area contributed by atoms with Gasteiger partial charge in [-0.2, -0.15) is 5.26 Å². The van der Waals surface area contributed by atoms with E-state index in [2.05, 4.69) is 0 Å². The molecule has 1 aromatic rings. The van der Waals surface area contributed by atoms with Crippen molar-refractivity contribution < 1.29 is 12.8 Å². The molecular weight excluding hydrogens is 243 g/mol. The number of nitrogens with one attached hydrogen (secondary N) is 1. The van der Waals surface area contributed by atoms with Gasteiger partial charge < -0.3 is 0 Å². The molecule has 0 fully saturated rings. The molecule has 0 aliphatic heterocycles. The molecule has 1 N–H and O–H groups in total. The summed E-state index contributed by atoms with van der Waals surface area (Å²) >= 11 is 5.55. The lowest BCUT2D eigenvalue weighted by Gasteiger charge is -2.05. The summed E-state index contributed by atoms with van der Waals surface area (Å²) in [5.41, 5.74) is -0.367. The molecule has 0 saturated heterocycles. The van der Waals surface area contributed by atoms with Crippen molar-refractivity contribution in [2.45, 2.75) is 4.90 Å². The van der Waals surface area contributed by atoms with Crippen LogP contribution in [-0.4, -0.2) is 15.5 Å². The Labute approximate surface area is 91.3 Å². The minimum Gasteiger partial charge on any atom is -0.214 e. The van der Waals surface area contributed by atoms with Crippen LogP contribution in [0.2, 0.25) is 5.02 Å². The van der Waals surface area contributed by atoms with E-state index in [1.807, 2.05) is 4.72 Å². The Morgan fingerprint density at radius 3 is 2.60 bits per heavy atom. The maximum atomic E-state index is 13.0. The van der Waals surface area contributed by atoms with E-state index in [0.717, 1.165) is 12.1 Å². The van der Waals surface area contributed by atoms with Gasteiger partial charge in [-0.05, 0) is 19.2 Å². The van der Waals surface area contributed by atoms with Crippen LogP contribution >= 0.6 is 11.6 Å². The molecule has 80 valence electrons. The first-order valence-corrected chi connectivity index (χ1v) is 5.61. The van der Waals surface area contributed by atoms with Gasteiger partial charge in [0.15, 0.2) is 0 Å². The largest absolute Gasteiger partial charge is 0.241 e. The first-order valence-electron chi connectivity index (χ1n) is 3.75. The van der Waals surface area contributed by atoms with Crippen molar-refractivity contribution in [1.82, 2.24) is 4.72 Å². The van der Waals surface area contributed by atoms with E-state index >= 15 is 0 Å². The number of benzene rings is 1. The van der Waals surface area contributed by atoms with Crippen molar-refractivity contribution in [1.29, 1.82) is 5.26 Å². The molecule has 0 radical (unpaired) electrons. The van der Waals surface area contributed by atoms with E-state index < -0.39 is 15.8 Å². The molecular formula is C8H6ClFN2O2S. The molecule has 0 aliphatic rings. The van der Waals surface area contributed by atoms with Crippen LogP contribution in [0, 0.1) is 17.1 Å². The maximum Gasteiger partial charge on any atom is 0.241 e. The highest BCUT2D eigenvalue weighted by atomic mass is 35.5. The summed E-state index contributed by atoms with van der Waals surface area (Å²) < 4.78 is 37.8. The highest BCUT2D eigenvalue weighted by Gasteiger charge is 2.18. The average molecular weight is 249 g/mol. The normalized spacial score (nSPS) is 11.1. The summed E-state index contributed by atoms with van der Waals surface area (Å²) in [6, 6.07) is 3.22. The van der Waals surface area contributed by atoms with Crippen molar-refractivity contribution >= 4 is 21.6 Å². The van der Waals surface area contributed by atoms with Gasteiger partial charge in [0.2, 0.25) is 10.0 Å². The second-order valence-electron chi connectivity index (χ2n) is 2.58. The summed E-state index contributed by atoms with van der Waals surface area (Å²) in [6.45, 7) is 0. The lowest BCUT2D eigenvalue weighted by atomic mass is 10.2. The van der Waals surface area contributed by atoms with E-state index in [9.17, 15) is 12.8 Å². The van der Waals surface area contributed by atoms with Crippen molar-refractivity contribution in [2.75, 3.05) is 7.05 Å². The Morgan fingerprint density at radius 2 is 2.13 bits per heavy atom. The maximum absolute atomic E-state index is 13.0. The fourth-order valence-corrected chi connectivity index (χ4v) is 2.19. The quantitative estimate of drug-likeness (QED) is 0.857. The standard InChI is InChI=1S/C8H6ClFN2O2S/c1-12-15(13,14)8-2-5(4-11)7(10)3-6(8)9/h2-3,12H,1H3. The molecule has 0 aliphatic carbocycles. The van der Waals surface area contributed by atoms with Crippen LogP contribution in [0.1, 0.15) is 5.56 Å². The fourth-order valence-electron chi connectivity index (χ4n) is 0.931. The molecule has 1 aromatic carbocycles. The number of nitrogens with zero attached hydrogens (tertiary/aromatic N) is 1. The highest BCUT2D eigenvalue weighted by molar-refractivity contribution is 7.89. The number of sulfonamides is 1. The summed E-state index contributed by atoms with van der Waals surface area (Å²) in [7, 11) is -2.58. The van der Waals surface area contributed by atoms with Crippen LogP contribution in [0.15, 0.2) is 17.0 Å². The fraction of sp³-hybridized carbons (Fsp3) is 0.125. The number of nitriles is 1. The van der Waals surface area contributed by atoms with Gasteiger partial charge in [-0.15, -0.1) is 0 Å². The summed E-state index contributed by atoms with van der Waals surface area (Å²) in [6.07, 6.45) is 0. The molecule has 0 unspecified atom stereocenters. The predicted molar refractivity (Wildman–Crippen MR) is 52.4 cm³/mol. The van der Waals surface area contributed by atoms with Crippen molar-refractivity contribution in [3.05, 3.63) is 28.5 Å². The Hall–Kier alpha value is -1.16. The Morgan fingerprint density at radius 1 is 1.53 bits per heavy atom. The van der Waals surface area contributed by atoms with Crippen LogP contribution < -0.4 is 4.72 Å². The highest BCUT2D eigenvalue weighted by Crippen LogP contribution is 2.24. The molecule has 0 heterocycles. The Kier molecular flexibility index (Phi) is 3.29. The molecule has 1 rings (SSSR count). The van der Waals surface area contributed by atoms with Crippen LogP contribution in [0.3, 0.4) is 0 Å². The average Bonchev–Trinajstić information content (AvgIpc) is 2.17. The Balaban J connectivity index is 3.53. The second-order valence-corrected chi connectivity index (χ2v) is 4.84. The van der Waals surface area contributed by atoms with E-state index in [1.54, 1.807) is 0 Å². The number of rotatable bonds is 2. The molecule has 0 bridgehead atoms. The lowest BCUT2D eigenvalue weighted by Crippen LogP contribution is -2.19. The first kappa shape index (κ1) is 11.9. The molecule has 0 saturated carbocycles. The van der Waals surface area contributed by atoms with Gasteiger partial charge in [0.05, 0.1) is 10.6 Å².